The topological polar surface area (TPSA) is 221 Å². The molecule has 1 aliphatic carbocycles. The lowest BCUT2D eigenvalue weighted by Gasteiger charge is -2.40. The molecule has 310 valence electrons. The molecular formula is C41H39FN2O15. The molecular weight excluding hydrogens is 779 g/mol. The van der Waals surface area contributed by atoms with Crippen molar-refractivity contribution in [2.45, 2.75) is 42.7 Å². The van der Waals surface area contributed by atoms with Gasteiger partial charge in [0.05, 0.1) is 38.5 Å². The number of halogens is 1. The van der Waals surface area contributed by atoms with Crippen molar-refractivity contribution in [3.05, 3.63) is 95.3 Å². The predicted molar refractivity (Wildman–Crippen MR) is 200 cm³/mol. The second kappa shape index (κ2) is 15.8. The lowest BCUT2D eigenvalue weighted by molar-refractivity contribution is -0.271. The highest BCUT2D eigenvalue weighted by molar-refractivity contribution is 5.91. The minimum absolute atomic E-state index is 0.00929. The lowest BCUT2D eigenvalue weighted by atomic mass is 9.65. The van der Waals surface area contributed by atoms with E-state index in [4.69, 9.17) is 37.9 Å². The normalized spacial score (nSPS) is 26.5. The van der Waals surface area contributed by atoms with E-state index in [0.717, 1.165) is 16.0 Å². The quantitative estimate of drug-likeness (QED) is 0.144. The third-order valence-electron chi connectivity index (χ3n) is 10.9. The number of ether oxygens (including phenoxy) is 8. The first-order valence-electron chi connectivity index (χ1n) is 18.4. The van der Waals surface area contributed by atoms with E-state index < -0.39 is 72.4 Å². The SMILES string of the molecule is COc1cc([C@@H]2c3cc4c(cc3C(Nc3ccc(F)cc3)[C@H]3COC(=O)[C@H]23)OCO4)cc(OC)c1OC(=O)N(C)c1ccccc1O[C@@H]1OC(C(=O)O)[C@@H](O)C(O)[C@@H]1O. The largest absolute Gasteiger partial charge is 0.493 e. The summed E-state index contributed by atoms with van der Waals surface area (Å²) in [5, 5.41) is 43.8. The molecule has 0 bridgehead atoms. The molecule has 59 heavy (non-hydrogen) atoms. The monoisotopic (exact) mass is 818 g/mol. The van der Waals surface area contributed by atoms with Gasteiger partial charge in [-0.2, -0.15) is 0 Å². The summed E-state index contributed by atoms with van der Waals surface area (Å²) in [7, 11) is 4.10. The van der Waals surface area contributed by atoms with Crippen LogP contribution in [0.15, 0.2) is 72.8 Å². The number of amides is 1. The van der Waals surface area contributed by atoms with Gasteiger partial charge in [-0.15, -0.1) is 0 Å². The van der Waals surface area contributed by atoms with Gasteiger partial charge in [-0.05, 0) is 77.4 Å². The number of carboxylic acid groups (broad SMARTS) is 1. The number of aliphatic carboxylic acids is 1. The molecule has 18 heteroatoms. The Bertz CT molecular complexity index is 2250. The van der Waals surface area contributed by atoms with Gasteiger partial charge >= 0.3 is 18.0 Å². The molecule has 3 unspecified atom stereocenters. The molecule has 3 heterocycles. The number of aliphatic hydroxyl groups excluding tert-OH is 3. The molecule has 4 aliphatic rings. The standard InChI is InChI=1S/C41H39FN2O15/c1-44(24-6-4-5-7-25(24)57-40-35(47)33(45)34(46)37(58-40)38(48)49)41(51)59-36-28(52-2)12-18(13-29(36)53-3)30-21-14-26-27(56-17-55-26)15-22(21)32(23-16-54-39(50)31(23)30)43-20-10-8-19(42)9-11-20/h4-15,23,30-35,37,40,43,45-47H,16-17H2,1-3H3,(H,48,49)/t23-,30+,31-,32?,33?,34-,35-,37?,40+/m0/s1. The van der Waals surface area contributed by atoms with Gasteiger partial charge in [0.25, 0.3) is 0 Å². The predicted octanol–water partition coefficient (Wildman–Crippen LogP) is 3.57. The zero-order valence-corrected chi connectivity index (χ0v) is 31.6. The number of carbonyl (C=O) groups is 3. The number of para-hydroxylation sites is 2. The van der Waals surface area contributed by atoms with Crippen molar-refractivity contribution in [1.82, 2.24) is 0 Å². The maximum Gasteiger partial charge on any atom is 0.419 e. The summed E-state index contributed by atoms with van der Waals surface area (Å²) in [4.78, 5) is 40.2. The minimum atomic E-state index is -1.93. The summed E-state index contributed by atoms with van der Waals surface area (Å²) in [5.74, 6) is -3.17. The Morgan fingerprint density at radius 1 is 0.847 bits per heavy atom. The summed E-state index contributed by atoms with van der Waals surface area (Å²) in [6, 6.07) is 18.4. The highest BCUT2D eigenvalue weighted by Crippen LogP contribution is 2.56. The third kappa shape index (κ3) is 7.13. The van der Waals surface area contributed by atoms with Crippen molar-refractivity contribution >= 4 is 29.4 Å². The van der Waals surface area contributed by atoms with Crippen molar-refractivity contribution in [3.63, 3.8) is 0 Å². The number of fused-ring (bicyclic) bond motifs is 3. The Morgan fingerprint density at radius 3 is 2.17 bits per heavy atom. The van der Waals surface area contributed by atoms with E-state index in [1.54, 1.807) is 36.4 Å². The highest BCUT2D eigenvalue weighted by Gasteiger charge is 2.53. The fraction of sp³-hybridized carbons (Fsp3) is 0.341. The molecule has 2 saturated heterocycles. The molecule has 17 nitrogen and oxygen atoms in total. The van der Waals surface area contributed by atoms with Crippen molar-refractivity contribution in [2.75, 3.05) is 44.9 Å². The fourth-order valence-corrected chi connectivity index (χ4v) is 8.02. The highest BCUT2D eigenvalue weighted by atomic mass is 19.1. The minimum Gasteiger partial charge on any atom is -0.493 e. The third-order valence-corrected chi connectivity index (χ3v) is 10.9. The van der Waals surface area contributed by atoms with Crippen LogP contribution in [0, 0.1) is 17.7 Å². The zero-order valence-electron chi connectivity index (χ0n) is 31.6. The van der Waals surface area contributed by atoms with Crippen LogP contribution in [0.5, 0.6) is 34.5 Å². The second-order valence-corrected chi connectivity index (χ2v) is 14.3. The number of hydrogen-bond donors (Lipinski definition) is 5. The number of rotatable bonds is 10. The van der Waals surface area contributed by atoms with Crippen LogP contribution in [-0.4, -0.2) is 104 Å². The van der Waals surface area contributed by atoms with Crippen molar-refractivity contribution < 1.29 is 77.1 Å². The number of methoxy groups -OCH3 is 2. The number of carboxylic acids is 1. The molecule has 1 amide bonds. The Morgan fingerprint density at radius 2 is 1.51 bits per heavy atom. The van der Waals surface area contributed by atoms with Crippen LogP contribution in [0.1, 0.15) is 28.7 Å². The van der Waals surface area contributed by atoms with E-state index in [2.05, 4.69) is 5.32 Å². The van der Waals surface area contributed by atoms with Gasteiger partial charge in [0.2, 0.25) is 18.8 Å². The number of aliphatic hydroxyl groups is 3. The molecule has 8 rings (SSSR count). The average molecular weight is 819 g/mol. The number of nitrogens with one attached hydrogen (secondary N) is 1. The first-order valence-corrected chi connectivity index (χ1v) is 18.4. The molecule has 0 spiro atoms. The van der Waals surface area contributed by atoms with Crippen LogP contribution >= 0.6 is 0 Å². The van der Waals surface area contributed by atoms with E-state index in [0.29, 0.717) is 22.7 Å². The zero-order chi connectivity index (χ0) is 41.7. The Labute approximate surface area is 335 Å². The number of carbonyl (C=O) groups excluding carboxylic acids is 2. The maximum atomic E-state index is 13.8. The van der Waals surface area contributed by atoms with Crippen molar-refractivity contribution in [1.29, 1.82) is 0 Å². The van der Waals surface area contributed by atoms with Crippen LogP contribution < -0.4 is 38.6 Å². The smallest absolute Gasteiger partial charge is 0.419 e. The van der Waals surface area contributed by atoms with Gasteiger partial charge < -0.3 is 63.6 Å². The summed E-state index contributed by atoms with van der Waals surface area (Å²) in [6.45, 7) is 0.109. The van der Waals surface area contributed by atoms with E-state index in [9.17, 15) is 39.2 Å². The Kier molecular flexibility index (Phi) is 10.6. The average Bonchev–Trinajstić information content (AvgIpc) is 3.86. The van der Waals surface area contributed by atoms with Crippen molar-refractivity contribution in [3.8, 4) is 34.5 Å². The molecule has 4 aromatic carbocycles. The van der Waals surface area contributed by atoms with Gasteiger partial charge in [-0.1, -0.05) is 12.1 Å². The lowest BCUT2D eigenvalue weighted by Crippen LogP contribution is -2.61. The summed E-state index contributed by atoms with van der Waals surface area (Å²) < 4.78 is 59.5. The fourth-order valence-electron chi connectivity index (χ4n) is 8.02. The van der Waals surface area contributed by atoms with Crippen LogP contribution in [0.2, 0.25) is 0 Å². The summed E-state index contributed by atoms with van der Waals surface area (Å²) >= 11 is 0. The number of anilines is 2. The summed E-state index contributed by atoms with van der Waals surface area (Å²) in [5.41, 5.74) is 2.81. The van der Waals surface area contributed by atoms with E-state index in [1.807, 2.05) is 12.1 Å². The Balaban J connectivity index is 1.11. The van der Waals surface area contributed by atoms with E-state index in [-0.39, 0.29) is 48.0 Å². The molecule has 5 N–H and O–H groups in total. The molecule has 0 aromatic heterocycles. The van der Waals surface area contributed by atoms with Gasteiger partial charge in [-0.3, -0.25) is 9.69 Å². The van der Waals surface area contributed by atoms with Gasteiger partial charge in [0, 0.05) is 24.6 Å². The molecule has 9 atom stereocenters. The molecule has 0 saturated carbocycles. The molecule has 2 fully saturated rings. The van der Waals surface area contributed by atoms with Crippen molar-refractivity contribution in [2.24, 2.45) is 11.8 Å². The molecule has 0 radical (unpaired) electrons. The maximum absolute atomic E-state index is 13.8. The van der Waals surface area contributed by atoms with E-state index in [1.165, 1.54) is 45.5 Å². The van der Waals surface area contributed by atoms with Crippen LogP contribution in [0.25, 0.3) is 0 Å². The first-order chi connectivity index (χ1) is 28.4. The van der Waals surface area contributed by atoms with Gasteiger partial charge in [-0.25, -0.2) is 14.0 Å². The first kappa shape index (κ1) is 39.5. The number of hydrogen-bond acceptors (Lipinski definition) is 15. The van der Waals surface area contributed by atoms with Crippen LogP contribution in [0.4, 0.5) is 20.6 Å². The number of cyclic esters (lactones) is 1. The molecule has 3 aliphatic heterocycles. The van der Waals surface area contributed by atoms with Crippen LogP contribution in [0.3, 0.4) is 0 Å². The van der Waals surface area contributed by atoms with Gasteiger partial charge in [0.15, 0.2) is 29.1 Å². The van der Waals surface area contributed by atoms with Gasteiger partial charge in [0.1, 0.15) is 29.9 Å². The van der Waals surface area contributed by atoms with E-state index >= 15 is 0 Å². The summed E-state index contributed by atoms with van der Waals surface area (Å²) in [6.07, 6.45) is -10.3. The number of nitrogens with zero attached hydrogens (tertiary/aromatic N) is 1. The van der Waals surface area contributed by atoms with Crippen LogP contribution in [-0.2, 0) is 19.1 Å². The second-order valence-electron chi connectivity index (χ2n) is 14.3. The number of esters is 1. The molecule has 4 aromatic rings. The Hall–Kier alpha value is -6.34. The number of benzene rings is 4.